The summed E-state index contributed by atoms with van der Waals surface area (Å²) in [7, 11) is 1.68. The van der Waals surface area contributed by atoms with Crippen LogP contribution in [0.4, 0.5) is 20.6 Å². The van der Waals surface area contributed by atoms with E-state index in [9.17, 15) is 14.0 Å². The van der Waals surface area contributed by atoms with E-state index in [0.717, 1.165) is 6.07 Å². The molecule has 3 N–H and O–H groups in total. The molecule has 0 unspecified atom stereocenters. The minimum atomic E-state index is -0.466. The van der Waals surface area contributed by atoms with E-state index in [2.05, 4.69) is 5.32 Å². The van der Waals surface area contributed by atoms with E-state index >= 15 is 0 Å². The summed E-state index contributed by atoms with van der Waals surface area (Å²) >= 11 is 0. The van der Waals surface area contributed by atoms with Crippen LogP contribution in [0, 0.1) is 5.82 Å². The van der Waals surface area contributed by atoms with Gasteiger partial charge in [-0.05, 0) is 18.2 Å². The Hall–Kier alpha value is -2.31. The topological polar surface area (TPSA) is 78.7 Å². The van der Waals surface area contributed by atoms with E-state index in [4.69, 9.17) is 5.73 Å². The molecule has 7 heteroatoms. The molecular formula is C12H15FN4O2. The summed E-state index contributed by atoms with van der Waals surface area (Å²) in [4.78, 5) is 26.4. The van der Waals surface area contributed by atoms with Gasteiger partial charge in [0.2, 0.25) is 5.91 Å². The van der Waals surface area contributed by atoms with Crippen molar-refractivity contribution < 1.29 is 14.0 Å². The number of carbonyl (C=O) groups excluding carboxylic acids is 2. The molecule has 0 spiro atoms. The molecule has 0 bridgehead atoms. The first kappa shape index (κ1) is 13.1. The number of benzene rings is 1. The van der Waals surface area contributed by atoms with E-state index in [0.29, 0.717) is 18.8 Å². The lowest BCUT2D eigenvalue weighted by molar-refractivity contribution is -0.116. The summed E-state index contributed by atoms with van der Waals surface area (Å²) in [6.07, 6.45) is 0. The SMILES string of the molecule is CN1CCN(CC(=O)Nc2ccc(F)cc2N)C1=O. The number of carbonyl (C=O) groups is 2. The lowest BCUT2D eigenvalue weighted by Gasteiger charge is -2.16. The molecule has 1 saturated heterocycles. The molecule has 1 fully saturated rings. The monoisotopic (exact) mass is 266 g/mol. The van der Waals surface area contributed by atoms with E-state index in [1.54, 1.807) is 11.9 Å². The molecule has 2 rings (SSSR count). The lowest BCUT2D eigenvalue weighted by Crippen LogP contribution is -2.36. The van der Waals surface area contributed by atoms with E-state index < -0.39 is 5.82 Å². The standard InChI is InChI=1S/C12H15FN4O2/c1-16-4-5-17(12(16)19)7-11(18)15-10-3-2-8(13)6-9(10)14/h2-3,6H,4-5,7,14H2,1H3,(H,15,18). The van der Waals surface area contributed by atoms with Crippen LogP contribution in [0.25, 0.3) is 0 Å². The first-order valence-corrected chi connectivity index (χ1v) is 5.82. The second-order valence-corrected chi connectivity index (χ2v) is 4.41. The zero-order valence-corrected chi connectivity index (χ0v) is 10.5. The van der Waals surface area contributed by atoms with Crippen molar-refractivity contribution in [2.24, 2.45) is 0 Å². The summed E-state index contributed by atoms with van der Waals surface area (Å²) in [6.45, 7) is 1.08. The smallest absolute Gasteiger partial charge is 0.320 e. The van der Waals surface area contributed by atoms with Crippen LogP contribution in [-0.4, -0.2) is 48.4 Å². The molecule has 1 aliphatic heterocycles. The Bertz CT molecular complexity index is 520. The number of urea groups is 1. The minimum absolute atomic E-state index is 0.0417. The number of nitrogens with zero attached hydrogens (tertiary/aromatic N) is 2. The fraction of sp³-hybridized carbons (Fsp3) is 0.333. The van der Waals surface area contributed by atoms with Gasteiger partial charge in [0.25, 0.3) is 0 Å². The largest absolute Gasteiger partial charge is 0.397 e. The third-order valence-corrected chi connectivity index (χ3v) is 2.92. The number of hydrogen-bond donors (Lipinski definition) is 2. The minimum Gasteiger partial charge on any atom is -0.397 e. The van der Waals surface area contributed by atoms with Gasteiger partial charge in [-0.1, -0.05) is 0 Å². The van der Waals surface area contributed by atoms with Gasteiger partial charge in [-0.25, -0.2) is 9.18 Å². The van der Waals surface area contributed by atoms with E-state index in [-0.39, 0.29) is 24.2 Å². The average Bonchev–Trinajstić information content (AvgIpc) is 2.65. The molecule has 102 valence electrons. The lowest BCUT2D eigenvalue weighted by atomic mass is 10.2. The first-order chi connectivity index (χ1) is 8.97. The summed E-state index contributed by atoms with van der Waals surface area (Å²) in [5, 5.41) is 2.56. The van der Waals surface area contributed by atoms with Crippen molar-refractivity contribution in [3.63, 3.8) is 0 Å². The zero-order valence-electron chi connectivity index (χ0n) is 10.5. The van der Waals surface area contributed by atoms with Crippen molar-refractivity contribution in [1.82, 2.24) is 9.80 Å². The van der Waals surface area contributed by atoms with Crippen molar-refractivity contribution in [2.45, 2.75) is 0 Å². The fourth-order valence-electron chi connectivity index (χ4n) is 1.86. The Labute approximate surface area is 110 Å². The van der Waals surface area contributed by atoms with Gasteiger partial charge < -0.3 is 20.9 Å². The molecule has 1 aromatic rings. The number of anilines is 2. The second-order valence-electron chi connectivity index (χ2n) is 4.41. The van der Waals surface area contributed by atoms with Gasteiger partial charge in [-0.15, -0.1) is 0 Å². The van der Waals surface area contributed by atoms with Crippen molar-refractivity contribution in [1.29, 1.82) is 0 Å². The van der Waals surface area contributed by atoms with Crippen LogP contribution in [0.15, 0.2) is 18.2 Å². The number of hydrogen-bond acceptors (Lipinski definition) is 3. The summed E-state index contributed by atoms with van der Waals surface area (Å²) in [6, 6.07) is 3.55. The average molecular weight is 266 g/mol. The first-order valence-electron chi connectivity index (χ1n) is 5.82. The molecule has 1 aromatic carbocycles. The number of halogens is 1. The molecule has 1 heterocycles. The highest BCUT2D eigenvalue weighted by Crippen LogP contribution is 2.19. The van der Waals surface area contributed by atoms with Crippen LogP contribution < -0.4 is 11.1 Å². The van der Waals surface area contributed by atoms with Crippen LogP contribution in [0.5, 0.6) is 0 Å². The van der Waals surface area contributed by atoms with E-state index in [1.165, 1.54) is 17.0 Å². The Morgan fingerprint density at radius 1 is 1.47 bits per heavy atom. The molecule has 0 saturated carbocycles. The molecule has 0 aromatic heterocycles. The second kappa shape index (κ2) is 5.13. The number of likely N-dealkylation sites (N-methyl/N-ethyl adjacent to an activating group) is 1. The van der Waals surface area contributed by atoms with Gasteiger partial charge in [-0.2, -0.15) is 0 Å². The Kier molecular flexibility index (Phi) is 3.55. The number of amides is 3. The molecule has 0 radical (unpaired) electrons. The Morgan fingerprint density at radius 2 is 2.21 bits per heavy atom. The third kappa shape index (κ3) is 2.93. The fourth-order valence-corrected chi connectivity index (χ4v) is 1.86. The third-order valence-electron chi connectivity index (χ3n) is 2.92. The van der Waals surface area contributed by atoms with Crippen molar-refractivity contribution in [3.8, 4) is 0 Å². The number of rotatable bonds is 3. The van der Waals surface area contributed by atoms with Gasteiger partial charge in [-0.3, -0.25) is 4.79 Å². The molecule has 1 aliphatic rings. The maximum atomic E-state index is 12.9. The van der Waals surface area contributed by atoms with Crippen LogP contribution in [-0.2, 0) is 4.79 Å². The predicted molar refractivity (Wildman–Crippen MR) is 69.0 cm³/mol. The van der Waals surface area contributed by atoms with Crippen LogP contribution in [0.2, 0.25) is 0 Å². The molecule has 6 nitrogen and oxygen atoms in total. The van der Waals surface area contributed by atoms with Gasteiger partial charge >= 0.3 is 6.03 Å². The molecular weight excluding hydrogens is 251 g/mol. The normalized spacial score (nSPS) is 14.9. The highest BCUT2D eigenvalue weighted by molar-refractivity contribution is 5.96. The van der Waals surface area contributed by atoms with Crippen LogP contribution >= 0.6 is 0 Å². The molecule has 3 amide bonds. The highest BCUT2D eigenvalue weighted by atomic mass is 19.1. The van der Waals surface area contributed by atoms with Gasteiger partial charge in [0.1, 0.15) is 12.4 Å². The Morgan fingerprint density at radius 3 is 2.79 bits per heavy atom. The number of nitrogen functional groups attached to an aromatic ring is 1. The Balaban J connectivity index is 1.96. The number of nitrogens with two attached hydrogens (primary N) is 1. The predicted octanol–water partition coefficient (Wildman–Crippen LogP) is 0.714. The summed E-state index contributed by atoms with van der Waals surface area (Å²) in [5.74, 6) is -0.825. The van der Waals surface area contributed by atoms with Gasteiger partial charge in [0.15, 0.2) is 0 Å². The zero-order chi connectivity index (χ0) is 14.0. The van der Waals surface area contributed by atoms with Crippen molar-refractivity contribution in [2.75, 3.05) is 37.7 Å². The molecule has 19 heavy (non-hydrogen) atoms. The van der Waals surface area contributed by atoms with Crippen molar-refractivity contribution in [3.05, 3.63) is 24.0 Å². The number of nitrogens with one attached hydrogen (secondary N) is 1. The van der Waals surface area contributed by atoms with Crippen molar-refractivity contribution >= 4 is 23.3 Å². The van der Waals surface area contributed by atoms with E-state index in [1.807, 2.05) is 0 Å². The maximum Gasteiger partial charge on any atom is 0.320 e. The quantitative estimate of drug-likeness (QED) is 0.791. The highest BCUT2D eigenvalue weighted by Gasteiger charge is 2.26. The molecule has 0 atom stereocenters. The summed E-state index contributed by atoms with van der Waals surface area (Å²) < 4.78 is 12.9. The molecule has 0 aliphatic carbocycles. The van der Waals surface area contributed by atoms with Crippen LogP contribution in [0.1, 0.15) is 0 Å². The maximum absolute atomic E-state index is 12.9. The van der Waals surface area contributed by atoms with Crippen LogP contribution in [0.3, 0.4) is 0 Å². The van der Waals surface area contributed by atoms with Gasteiger partial charge in [0.05, 0.1) is 11.4 Å². The van der Waals surface area contributed by atoms with Gasteiger partial charge in [0, 0.05) is 20.1 Å². The summed E-state index contributed by atoms with van der Waals surface area (Å²) in [5.41, 5.74) is 6.07.